The van der Waals surface area contributed by atoms with Gasteiger partial charge in [-0.25, -0.2) is 0 Å². The van der Waals surface area contributed by atoms with Crippen LogP contribution in [0.3, 0.4) is 0 Å². The van der Waals surface area contributed by atoms with Gasteiger partial charge in [-0.15, -0.1) is 0 Å². The van der Waals surface area contributed by atoms with E-state index in [0.29, 0.717) is 12.4 Å². The Balaban J connectivity index is 1.86. The third-order valence-corrected chi connectivity index (χ3v) is 6.29. The van der Waals surface area contributed by atoms with Crippen LogP contribution in [0.1, 0.15) is 27.6 Å². The number of ketones is 2. The number of Topliss-reactive ketones (excluding diaryl/α,β-unsaturated/α-hetero) is 2. The smallest absolute Gasteiger partial charge is 0.205 e. The molecule has 1 saturated heterocycles. The van der Waals surface area contributed by atoms with Gasteiger partial charge in [-0.1, -0.05) is 58.5 Å². The van der Waals surface area contributed by atoms with Gasteiger partial charge in [0.1, 0.15) is 5.76 Å². The molecule has 0 radical (unpaired) electrons. The quantitative estimate of drug-likeness (QED) is 0.354. The zero-order valence-corrected chi connectivity index (χ0v) is 18.6. The maximum atomic E-state index is 13.6. The Kier molecular flexibility index (Phi) is 5.50. The largest absolute Gasteiger partial charge is 0.494 e. The number of carbonyl (C=O) groups excluding carboxylic acids is 2. The first kappa shape index (κ1) is 21.4. The molecule has 4 nitrogen and oxygen atoms in total. The minimum Gasteiger partial charge on any atom is -0.494 e. The molecule has 0 aromatic heterocycles. The molecule has 0 saturated carbocycles. The molecule has 1 aliphatic carbocycles. The zero-order chi connectivity index (χ0) is 21.7. The summed E-state index contributed by atoms with van der Waals surface area (Å²) >= 11 is 25.0. The summed E-state index contributed by atoms with van der Waals surface area (Å²) in [5.74, 6) is -0.714. The maximum absolute atomic E-state index is 13.6. The van der Waals surface area contributed by atoms with Crippen molar-refractivity contribution in [3.8, 4) is 0 Å². The molecule has 0 spiro atoms. The van der Waals surface area contributed by atoms with Crippen LogP contribution in [0.25, 0.3) is 0 Å². The highest BCUT2D eigenvalue weighted by molar-refractivity contribution is 6.43. The Morgan fingerprint density at radius 2 is 1.33 bits per heavy atom. The summed E-state index contributed by atoms with van der Waals surface area (Å²) in [5, 5.41) is 0.607. The molecular formula is C22H14Cl4O4. The van der Waals surface area contributed by atoms with E-state index in [1.165, 1.54) is 12.2 Å². The van der Waals surface area contributed by atoms with Crippen molar-refractivity contribution < 1.29 is 19.1 Å². The Morgan fingerprint density at radius 3 is 1.80 bits per heavy atom. The SMILES string of the molecule is CCOC1=CC2(C(=O)c3c(Cl)cccc3Cl)OC2(C(=O)c2c(Cl)cccc2Cl)C=C1. The van der Waals surface area contributed by atoms with E-state index in [0.717, 1.165) is 0 Å². The first-order valence-electron chi connectivity index (χ1n) is 9.00. The number of hydrogen-bond acceptors (Lipinski definition) is 4. The van der Waals surface area contributed by atoms with Crippen molar-refractivity contribution in [3.05, 3.63) is 91.6 Å². The molecule has 1 fully saturated rings. The molecule has 154 valence electrons. The Labute approximate surface area is 193 Å². The Hall–Kier alpha value is -1.82. The molecule has 4 rings (SSSR count). The number of fused-ring (bicyclic) bond motifs is 1. The van der Waals surface area contributed by atoms with Crippen molar-refractivity contribution in [3.63, 3.8) is 0 Å². The van der Waals surface area contributed by atoms with E-state index in [9.17, 15) is 9.59 Å². The third-order valence-electron chi connectivity index (χ3n) is 5.03. The molecule has 2 atom stereocenters. The molecule has 2 aliphatic rings. The summed E-state index contributed by atoms with van der Waals surface area (Å²) in [7, 11) is 0. The summed E-state index contributed by atoms with van der Waals surface area (Å²) in [6, 6.07) is 9.42. The van der Waals surface area contributed by atoms with E-state index in [1.54, 1.807) is 49.4 Å². The van der Waals surface area contributed by atoms with Crippen molar-refractivity contribution in [2.45, 2.75) is 18.1 Å². The van der Waals surface area contributed by atoms with Crippen molar-refractivity contribution in [1.29, 1.82) is 0 Å². The lowest BCUT2D eigenvalue weighted by Gasteiger charge is -2.20. The van der Waals surface area contributed by atoms with Crippen LogP contribution in [0.15, 0.2) is 60.4 Å². The number of halogens is 4. The van der Waals surface area contributed by atoms with E-state index in [4.69, 9.17) is 55.9 Å². The van der Waals surface area contributed by atoms with Crippen LogP contribution >= 0.6 is 46.4 Å². The van der Waals surface area contributed by atoms with Gasteiger partial charge >= 0.3 is 0 Å². The average Bonchev–Trinajstić information content (AvgIpc) is 3.39. The van der Waals surface area contributed by atoms with Gasteiger partial charge in [-0.3, -0.25) is 9.59 Å². The van der Waals surface area contributed by atoms with Crippen LogP contribution in [-0.2, 0) is 9.47 Å². The van der Waals surface area contributed by atoms with Gasteiger partial charge in [-0.05, 0) is 43.3 Å². The minimum absolute atomic E-state index is 0.0585. The third kappa shape index (κ3) is 3.10. The summed E-state index contributed by atoms with van der Waals surface area (Å²) in [5.41, 5.74) is -3.19. The predicted octanol–water partition coefficient (Wildman–Crippen LogP) is 6.36. The summed E-state index contributed by atoms with van der Waals surface area (Å²) in [6.45, 7) is 2.17. The molecule has 8 heteroatoms. The van der Waals surface area contributed by atoms with Crippen molar-refractivity contribution in [2.75, 3.05) is 6.61 Å². The second-order valence-corrected chi connectivity index (χ2v) is 8.37. The number of allylic oxidation sites excluding steroid dienone is 1. The summed E-state index contributed by atoms with van der Waals surface area (Å²) in [4.78, 5) is 27.2. The molecule has 0 N–H and O–H groups in total. The molecule has 1 heterocycles. The lowest BCUT2D eigenvalue weighted by atomic mass is 9.78. The highest BCUT2D eigenvalue weighted by Gasteiger charge is 2.78. The number of hydrogen-bond donors (Lipinski definition) is 0. The number of epoxide rings is 1. The van der Waals surface area contributed by atoms with E-state index < -0.39 is 22.8 Å². The van der Waals surface area contributed by atoms with Crippen LogP contribution in [0, 0.1) is 0 Å². The summed E-state index contributed by atoms with van der Waals surface area (Å²) in [6.07, 6.45) is 4.54. The van der Waals surface area contributed by atoms with Gasteiger partial charge in [0.05, 0.1) is 37.8 Å². The number of benzene rings is 2. The number of ether oxygens (including phenoxy) is 2. The van der Waals surface area contributed by atoms with Gasteiger partial charge in [0.2, 0.25) is 11.6 Å². The topological polar surface area (TPSA) is 55.9 Å². The van der Waals surface area contributed by atoms with Gasteiger partial charge < -0.3 is 9.47 Å². The monoisotopic (exact) mass is 482 g/mol. The molecule has 2 aromatic carbocycles. The fourth-order valence-electron chi connectivity index (χ4n) is 3.60. The normalized spacial score (nSPS) is 24.1. The average molecular weight is 484 g/mol. The zero-order valence-electron chi connectivity index (χ0n) is 15.5. The Bertz CT molecular complexity index is 1100. The molecule has 0 amide bonds. The minimum atomic E-state index is -1.68. The molecule has 2 aromatic rings. The molecule has 30 heavy (non-hydrogen) atoms. The van der Waals surface area contributed by atoms with E-state index in [2.05, 4.69) is 0 Å². The second kappa shape index (κ2) is 7.70. The number of rotatable bonds is 6. The molecule has 2 unspecified atom stereocenters. The Morgan fingerprint density at radius 1 is 0.867 bits per heavy atom. The maximum Gasteiger partial charge on any atom is 0.205 e. The van der Waals surface area contributed by atoms with Gasteiger partial charge in [0.25, 0.3) is 0 Å². The highest BCUT2D eigenvalue weighted by Crippen LogP contribution is 2.58. The predicted molar refractivity (Wildman–Crippen MR) is 117 cm³/mol. The standard InChI is InChI=1S/C22H14Cl4O4/c1-2-29-12-9-10-21(19(27)17-13(23)5-3-6-14(17)24)22(11-12,30-21)20(28)18-15(25)7-4-8-16(18)26/h3-11H,2H2,1H3. The van der Waals surface area contributed by atoms with Gasteiger partial charge in [0.15, 0.2) is 11.2 Å². The van der Waals surface area contributed by atoms with Gasteiger partial charge in [-0.2, -0.15) is 0 Å². The highest BCUT2D eigenvalue weighted by atomic mass is 35.5. The van der Waals surface area contributed by atoms with E-state index >= 15 is 0 Å². The fourth-order valence-corrected chi connectivity index (χ4v) is 4.74. The van der Waals surface area contributed by atoms with Crippen molar-refractivity contribution in [2.24, 2.45) is 0 Å². The van der Waals surface area contributed by atoms with Crippen LogP contribution in [0.2, 0.25) is 20.1 Å². The van der Waals surface area contributed by atoms with Crippen LogP contribution in [0.5, 0.6) is 0 Å². The van der Waals surface area contributed by atoms with Crippen molar-refractivity contribution in [1.82, 2.24) is 0 Å². The second-order valence-electron chi connectivity index (χ2n) is 6.74. The number of carbonyl (C=O) groups is 2. The van der Waals surface area contributed by atoms with Crippen LogP contribution in [-0.4, -0.2) is 29.4 Å². The van der Waals surface area contributed by atoms with E-state index in [-0.39, 0.29) is 31.2 Å². The first-order valence-corrected chi connectivity index (χ1v) is 10.5. The van der Waals surface area contributed by atoms with Crippen molar-refractivity contribution >= 4 is 58.0 Å². The molecule has 0 bridgehead atoms. The first-order chi connectivity index (χ1) is 14.3. The lowest BCUT2D eigenvalue weighted by Crippen LogP contribution is -2.39. The summed E-state index contributed by atoms with van der Waals surface area (Å²) < 4.78 is 11.4. The van der Waals surface area contributed by atoms with Crippen LogP contribution < -0.4 is 0 Å². The van der Waals surface area contributed by atoms with Crippen LogP contribution in [0.4, 0.5) is 0 Å². The molecular weight excluding hydrogens is 470 g/mol. The molecule has 1 aliphatic heterocycles. The van der Waals surface area contributed by atoms with Gasteiger partial charge in [0, 0.05) is 6.08 Å². The van der Waals surface area contributed by atoms with E-state index in [1.807, 2.05) is 0 Å². The fraction of sp³-hybridized carbons (Fsp3) is 0.182. The lowest BCUT2D eigenvalue weighted by molar-refractivity contribution is 0.0900.